The Bertz CT molecular complexity index is 436. The predicted molar refractivity (Wildman–Crippen MR) is 75.6 cm³/mol. The van der Waals surface area contributed by atoms with Crippen molar-refractivity contribution in [2.45, 2.75) is 70.9 Å². The Balaban J connectivity index is 2.27. The molecule has 0 radical (unpaired) electrons. The van der Waals surface area contributed by atoms with Crippen LogP contribution >= 0.6 is 0 Å². The van der Waals surface area contributed by atoms with Gasteiger partial charge in [-0.1, -0.05) is 0 Å². The smallest absolute Gasteiger partial charge is 0.412 e. The van der Waals surface area contributed by atoms with Crippen molar-refractivity contribution in [3.63, 3.8) is 0 Å². The van der Waals surface area contributed by atoms with E-state index in [9.17, 15) is 9.59 Å². The van der Waals surface area contributed by atoms with Gasteiger partial charge < -0.3 is 14.2 Å². The van der Waals surface area contributed by atoms with Crippen LogP contribution in [0.25, 0.3) is 0 Å². The van der Waals surface area contributed by atoms with E-state index in [1.807, 2.05) is 20.8 Å². The van der Waals surface area contributed by atoms with Gasteiger partial charge in [-0.25, -0.2) is 9.59 Å². The van der Waals surface area contributed by atoms with E-state index in [1.54, 1.807) is 18.7 Å². The van der Waals surface area contributed by atoms with Gasteiger partial charge in [0.05, 0.1) is 13.2 Å². The van der Waals surface area contributed by atoms with E-state index in [4.69, 9.17) is 14.2 Å². The molecule has 6 nitrogen and oxygen atoms in total. The van der Waals surface area contributed by atoms with E-state index < -0.39 is 29.5 Å². The van der Waals surface area contributed by atoms with Crippen LogP contribution in [0.2, 0.25) is 0 Å². The maximum Gasteiger partial charge on any atom is 0.412 e. The van der Waals surface area contributed by atoms with Crippen LogP contribution in [0.5, 0.6) is 0 Å². The highest BCUT2D eigenvalue weighted by atomic mass is 16.6. The molecule has 1 aliphatic heterocycles. The first-order valence-corrected chi connectivity index (χ1v) is 7.35. The van der Waals surface area contributed by atoms with Gasteiger partial charge in [-0.15, -0.1) is 0 Å². The molecule has 1 aliphatic carbocycles. The zero-order valence-electron chi connectivity index (χ0n) is 13.6. The molecule has 0 aromatic heterocycles. The van der Waals surface area contributed by atoms with E-state index in [2.05, 4.69) is 0 Å². The average Bonchev–Trinajstić information content (AvgIpc) is 3.10. The first kappa shape index (κ1) is 16.1. The third-order valence-corrected chi connectivity index (χ3v) is 3.73. The average molecular weight is 299 g/mol. The minimum absolute atomic E-state index is 0.267. The predicted octanol–water partition coefficient (Wildman–Crippen LogP) is 2.31. The molecule has 0 aromatic carbocycles. The Hall–Kier alpha value is -1.30. The van der Waals surface area contributed by atoms with Crippen LogP contribution in [0.4, 0.5) is 4.79 Å². The molecule has 6 heteroatoms. The SMILES string of the molecule is COC(=O)[C@@H]1OC(C)(C)N(C(=O)OC(C)(C)C)[C@H]1C1CC1. The van der Waals surface area contributed by atoms with Crippen LogP contribution in [0.1, 0.15) is 47.5 Å². The minimum atomic E-state index is -0.894. The van der Waals surface area contributed by atoms with Crippen molar-refractivity contribution < 1.29 is 23.8 Å². The largest absolute Gasteiger partial charge is 0.467 e. The molecule has 0 aromatic rings. The Labute approximate surface area is 125 Å². The highest BCUT2D eigenvalue weighted by Gasteiger charge is 2.58. The molecule has 21 heavy (non-hydrogen) atoms. The van der Waals surface area contributed by atoms with Crippen LogP contribution in [0.15, 0.2) is 0 Å². The van der Waals surface area contributed by atoms with Gasteiger partial charge in [-0.05, 0) is 53.4 Å². The molecule has 0 spiro atoms. The number of nitrogens with zero attached hydrogens (tertiary/aromatic N) is 1. The summed E-state index contributed by atoms with van der Waals surface area (Å²) in [5.74, 6) is -0.172. The summed E-state index contributed by atoms with van der Waals surface area (Å²) < 4.78 is 16.1. The Morgan fingerprint density at radius 2 is 1.81 bits per heavy atom. The van der Waals surface area contributed by atoms with Gasteiger partial charge >= 0.3 is 12.1 Å². The molecule has 1 saturated carbocycles. The second-order valence-electron chi connectivity index (χ2n) is 7.19. The number of rotatable bonds is 2. The normalized spacial score (nSPS) is 28.4. The quantitative estimate of drug-likeness (QED) is 0.732. The maximum atomic E-state index is 12.5. The number of carbonyl (C=O) groups excluding carboxylic acids is 2. The summed E-state index contributed by atoms with van der Waals surface area (Å²) in [7, 11) is 1.33. The summed E-state index contributed by atoms with van der Waals surface area (Å²) in [4.78, 5) is 26.1. The van der Waals surface area contributed by atoms with Gasteiger partial charge in [0.2, 0.25) is 0 Å². The lowest BCUT2D eigenvalue weighted by atomic mass is 10.0. The zero-order chi connectivity index (χ0) is 16.0. The summed E-state index contributed by atoms with van der Waals surface area (Å²) in [5, 5.41) is 0. The fourth-order valence-corrected chi connectivity index (χ4v) is 2.78. The molecule has 2 aliphatic rings. The van der Waals surface area contributed by atoms with Gasteiger partial charge in [-0.2, -0.15) is 0 Å². The number of carbonyl (C=O) groups is 2. The monoisotopic (exact) mass is 299 g/mol. The molecule has 0 N–H and O–H groups in total. The minimum Gasteiger partial charge on any atom is -0.467 e. The van der Waals surface area contributed by atoms with Gasteiger partial charge in [0, 0.05) is 0 Å². The fourth-order valence-electron chi connectivity index (χ4n) is 2.78. The van der Waals surface area contributed by atoms with E-state index >= 15 is 0 Å². The maximum absolute atomic E-state index is 12.5. The highest BCUT2D eigenvalue weighted by molar-refractivity contribution is 5.79. The van der Waals surface area contributed by atoms with Crippen molar-refractivity contribution in [1.82, 2.24) is 4.90 Å². The summed E-state index contributed by atoms with van der Waals surface area (Å²) in [6.45, 7) is 9.00. The number of methoxy groups -OCH3 is 1. The summed E-state index contributed by atoms with van der Waals surface area (Å²) in [6, 6.07) is -0.317. The standard InChI is InChI=1S/C15H25NO5/c1-14(2,3)21-13(18)16-10(9-7-8-9)11(12(17)19-6)20-15(16,4)5/h9-11H,7-8H2,1-6H3/t10-,11+/m0/s1. The third kappa shape index (κ3) is 3.31. The Kier molecular flexibility index (Phi) is 3.95. The van der Waals surface area contributed by atoms with Crippen LogP contribution in [-0.4, -0.2) is 47.5 Å². The van der Waals surface area contributed by atoms with Gasteiger partial charge in [0.15, 0.2) is 6.10 Å². The second kappa shape index (κ2) is 5.16. The molecule has 0 bridgehead atoms. The van der Waals surface area contributed by atoms with Crippen molar-refractivity contribution >= 4 is 12.1 Å². The highest BCUT2D eigenvalue weighted by Crippen LogP contribution is 2.45. The van der Waals surface area contributed by atoms with Gasteiger partial charge in [0.1, 0.15) is 11.3 Å². The van der Waals surface area contributed by atoms with Crippen LogP contribution in [0.3, 0.4) is 0 Å². The van der Waals surface area contributed by atoms with Crippen molar-refractivity contribution in [2.75, 3.05) is 7.11 Å². The van der Waals surface area contributed by atoms with Crippen molar-refractivity contribution in [2.24, 2.45) is 5.92 Å². The summed E-state index contributed by atoms with van der Waals surface area (Å²) in [5.41, 5.74) is -1.49. The van der Waals surface area contributed by atoms with Crippen LogP contribution in [0, 0.1) is 5.92 Å². The van der Waals surface area contributed by atoms with E-state index in [0.717, 1.165) is 12.8 Å². The molecule has 0 unspecified atom stereocenters. The molecular weight excluding hydrogens is 274 g/mol. The lowest BCUT2D eigenvalue weighted by molar-refractivity contribution is -0.158. The molecule has 1 amide bonds. The van der Waals surface area contributed by atoms with Gasteiger partial charge in [0.25, 0.3) is 0 Å². The molecule has 1 heterocycles. The Morgan fingerprint density at radius 3 is 2.24 bits per heavy atom. The van der Waals surface area contributed by atoms with Crippen LogP contribution in [-0.2, 0) is 19.0 Å². The zero-order valence-corrected chi connectivity index (χ0v) is 13.6. The lowest BCUT2D eigenvalue weighted by Crippen LogP contribution is -2.51. The first-order valence-electron chi connectivity index (χ1n) is 7.35. The van der Waals surface area contributed by atoms with Gasteiger partial charge in [-0.3, -0.25) is 4.90 Å². The molecular formula is C15H25NO5. The van der Waals surface area contributed by atoms with E-state index in [0.29, 0.717) is 0 Å². The lowest BCUT2D eigenvalue weighted by Gasteiger charge is -2.35. The van der Waals surface area contributed by atoms with E-state index in [1.165, 1.54) is 7.11 Å². The third-order valence-electron chi connectivity index (χ3n) is 3.73. The summed E-state index contributed by atoms with van der Waals surface area (Å²) >= 11 is 0. The number of hydrogen-bond donors (Lipinski definition) is 0. The molecule has 120 valence electrons. The molecule has 2 fully saturated rings. The number of ether oxygens (including phenoxy) is 3. The fraction of sp³-hybridized carbons (Fsp3) is 0.867. The van der Waals surface area contributed by atoms with E-state index in [-0.39, 0.29) is 12.0 Å². The number of esters is 1. The van der Waals surface area contributed by atoms with Crippen molar-refractivity contribution in [3.8, 4) is 0 Å². The number of amides is 1. The van der Waals surface area contributed by atoms with Crippen molar-refractivity contribution in [1.29, 1.82) is 0 Å². The first-order chi connectivity index (χ1) is 9.57. The molecule has 2 rings (SSSR count). The summed E-state index contributed by atoms with van der Waals surface area (Å²) in [6.07, 6.45) is 0.772. The van der Waals surface area contributed by atoms with Crippen molar-refractivity contribution in [3.05, 3.63) is 0 Å². The Morgan fingerprint density at radius 1 is 1.24 bits per heavy atom. The van der Waals surface area contributed by atoms with Crippen LogP contribution < -0.4 is 0 Å². The molecule has 2 atom stereocenters. The molecule has 1 saturated heterocycles. The topological polar surface area (TPSA) is 65.1 Å². The second-order valence-corrected chi connectivity index (χ2v) is 7.19. The number of hydrogen-bond acceptors (Lipinski definition) is 5.